The van der Waals surface area contributed by atoms with E-state index in [-0.39, 0.29) is 24.4 Å². The van der Waals surface area contributed by atoms with Crippen molar-refractivity contribution < 1.29 is 14.3 Å². The van der Waals surface area contributed by atoms with Gasteiger partial charge in [0.25, 0.3) is 5.91 Å². The smallest absolute Gasteiger partial charge is 0.251 e. The summed E-state index contributed by atoms with van der Waals surface area (Å²) < 4.78 is 5.95. The Hall–Kier alpha value is -3.80. The first-order valence-corrected chi connectivity index (χ1v) is 11.8. The molecule has 0 bridgehead atoms. The SMILES string of the molecule is CCC(C)NC(=O)c1cccc(NC(=O)CNc2ccccc2OCCCc2ccccc2)c1. The van der Waals surface area contributed by atoms with Gasteiger partial charge in [-0.05, 0) is 62.1 Å². The minimum absolute atomic E-state index is 0.0771. The van der Waals surface area contributed by atoms with Crippen LogP contribution in [0.25, 0.3) is 0 Å². The van der Waals surface area contributed by atoms with Crippen LogP contribution in [0.4, 0.5) is 11.4 Å². The summed E-state index contributed by atoms with van der Waals surface area (Å²) in [5.74, 6) is 0.354. The number of benzene rings is 3. The normalized spacial score (nSPS) is 11.4. The van der Waals surface area contributed by atoms with Gasteiger partial charge in [-0.3, -0.25) is 9.59 Å². The fraction of sp³-hybridized carbons (Fsp3) is 0.286. The van der Waals surface area contributed by atoms with E-state index in [2.05, 4.69) is 28.1 Å². The number of aryl methyl sites for hydroxylation is 1. The van der Waals surface area contributed by atoms with Crippen LogP contribution in [0.5, 0.6) is 5.75 Å². The Morgan fingerprint density at radius 1 is 0.941 bits per heavy atom. The number of carbonyl (C=O) groups is 2. The summed E-state index contributed by atoms with van der Waals surface area (Å²) in [5.41, 5.74) is 3.14. The number of hydrogen-bond acceptors (Lipinski definition) is 4. The van der Waals surface area contributed by atoms with Crippen LogP contribution in [0.2, 0.25) is 0 Å². The monoisotopic (exact) mass is 459 g/mol. The van der Waals surface area contributed by atoms with E-state index in [9.17, 15) is 9.59 Å². The minimum atomic E-state index is -0.210. The highest BCUT2D eigenvalue weighted by molar-refractivity contribution is 5.98. The highest BCUT2D eigenvalue weighted by atomic mass is 16.5. The Balaban J connectivity index is 1.48. The Labute approximate surface area is 201 Å². The van der Waals surface area contributed by atoms with Gasteiger partial charge in [0, 0.05) is 17.3 Å². The van der Waals surface area contributed by atoms with Gasteiger partial charge in [0.1, 0.15) is 5.75 Å². The zero-order valence-corrected chi connectivity index (χ0v) is 19.8. The third-order valence-electron chi connectivity index (χ3n) is 5.44. The summed E-state index contributed by atoms with van der Waals surface area (Å²) in [7, 11) is 0. The van der Waals surface area contributed by atoms with Gasteiger partial charge >= 0.3 is 0 Å². The van der Waals surface area contributed by atoms with Crippen LogP contribution >= 0.6 is 0 Å². The molecule has 6 heteroatoms. The lowest BCUT2D eigenvalue weighted by Gasteiger charge is -2.14. The van der Waals surface area contributed by atoms with Crippen molar-refractivity contribution in [2.24, 2.45) is 0 Å². The van der Waals surface area contributed by atoms with E-state index in [0.717, 1.165) is 24.9 Å². The summed E-state index contributed by atoms with van der Waals surface area (Å²) in [4.78, 5) is 24.8. The second-order valence-corrected chi connectivity index (χ2v) is 8.20. The molecule has 34 heavy (non-hydrogen) atoms. The molecule has 1 unspecified atom stereocenters. The molecule has 0 aromatic heterocycles. The first-order chi connectivity index (χ1) is 16.5. The molecule has 0 saturated heterocycles. The Morgan fingerprint density at radius 2 is 1.71 bits per heavy atom. The number of amides is 2. The van der Waals surface area contributed by atoms with Crippen LogP contribution < -0.4 is 20.7 Å². The molecule has 0 heterocycles. The van der Waals surface area contributed by atoms with Crippen molar-refractivity contribution in [2.75, 3.05) is 23.8 Å². The second kappa shape index (κ2) is 13.0. The molecule has 0 aliphatic heterocycles. The minimum Gasteiger partial charge on any atom is -0.491 e. The van der Waals surface area contributed by atoms with E-state index in [1.165, 1.54) is 5.56 Å². The number of para-hydroxylation sites is 2. The molecule has 0 radical (unpaired) electrons. The number of ether oxygens (including phenoxy) is 1. The molecule has 3 aromatic carbocycles. The van der Waals surface area contributed by atoms with Crippen LogP contribution in [-0.2, 0) is 11.2 Å². The third-order valence-corrected chi connectivity index (χ3v) is 5.44. The van der Waals surface area contributed by atoms with E-state index < -0.39 is 0 Å². The molecule has 0 saturated carbocycles. The number of hydrogen-bond donors (Lipinski definition) is 3. The fourth-order valence-corrected chi connectivity index (χ4v) is 3.37. The van der Waals surface area contributed by atoms with Gasteiger partial charge in [-0.25, -0.2) is 0 Å². The number of anilines is 2. The molecule has 2 amide bonds. The van der Waals surface area contributed by atoms with Gasteiger partial charge < -0.3 is 20.7 Å². The first-order valence-electron chi connectivity index (χ1n) is 11.8. The van der Waals surface area contributed by atoms with Crippen molar-refractivity contribution in [2.45, 2.75) is 39.2 Å². The predicted octanol–water partition coefficient (Wildman–Crippen LogP) is 5.28. The Morgan fingerprint density at radius 3 is 2.50 bits per heavy atom. The average molecular weight is 460 g/mol. The summed E-state index contributed by atoms with van der Waals surface area (Å²) in [5, 5.41) is 8.92. The van der Waals surface area contributed by atoms with Crippen LogP contribution in [0.15, 0.2) is 78.9 Å². The predicted molar refractivity (Wildman–Crippen MR) is 137 cm³/mol. The van der Waals surface area contributed by atoms with Crippen molar-refractivity contribution in [3.63, 3.8) is 0 Å². The molecule has 0 aliphatic carbocycles. The first kappa shape index (κ1) is 24.8. The lowest BCUT2D eigenvalue weighted by Crippen LogP contribution is -2.32. The quantitative estimate of drug-likeness (QED) is 0.322. The topological polar surface area (TPSA) is 79.5 Å². The molecule has 178 valence electrons. The Bertz CT molecular complexity index is 1070. The molecule has 0 spiro atoms. The van der Waals surface area contributed by atoms with Crippen LogP contribution in [0, 0.1) is 0 Å². The number of rotatable bonds is 12. The lowest BCUT2D eigenvalue weighted by atomic mass is 10.1. The molecular weight excluding hydrogens is 426 g/mol. The van der Waals surface area contributed by atoms with Gasteiger partial charge in [-0.2, -0.15) is 0 Å². The van der Waals surface area contributed by atoms with Gasteiger partial charge in [0.15, 0.2) is 0 Å². The van der Waals surface area contributed by atoms with Gasteiger partial charge in [0.2, 0.25) is 5.91 Å². The molecule has 0 aliphatic rings. The van der Waals surface area contributed by atoms with E-state index >= 15 is 0 Å². The maximum Gasteiger partial charge on any atom is 0.251 e. The van der Waals surface area contributed by atoms with Crippen LogP contribution in [0.3, 0.4) is 0 Å². The number of carbonyl (C=O) groups excluding carboxylic acids is 2. The van der Waals surface area contributed by atoms with E-state index in [1.807, 2.05) is 56.3 Å². The number of nitrogens with one attached hydrogen (secondary N) is 3. The maximum absolute atomic E-state index is 12.5. The van der Waals surface area contributed by atoms with Gasteiger partial charge in [0.05, 0.1) is 18.8 Å². The van der Waals surface area contributed by atoms with Crippen molar-refractivity contribution in [1.29, 1.82) is 0 Å². The van der Waals surface area contributed by atoms with E-state index in [0.29, 0.717) is 23.6 Å². The second-order valence-electron chi connectivity index (χ2n) is 8.20. The highest BCUT2D eigenvalue weighted by Gasteiger charge is 2.11. The lowest BCUT2D eigenvalue weighted by molar-refractivity contribution is -0.114. The zero-order valence-electron chi connectivity index (χ0n) is 19.8. The van der Waals surface area contributed by atoms with E-state index in [4.69, 9.17) is 4.74 Å². The summed E-state index contributed by atoms with van der Waals surface area (Å²) >= 11 is 0. The highest BCUT2D eigenvalue weighted by Crippen LogP contribution is 2.24. The third kappa shape index (κ3) is 7.96. The van der Waals surface area contributed by atoms with Crippen molar-refractivity contribution in [3.05, 3.63) is 90.0 Å². The molecule has 3 rings (SSSR count). The van der Waals surface area contributed by atoms with Crippen LogP contribution in [0.1, 0.15) is 42.6 Å². The summed E-state index contributed by atoms with van der Waals surface area (Å²) in [6.45, 7) is 4.64. The average Bonchev–Trinajstić information content (AvgIpc) is 2.86. The largest absolute Gasteiger partial charge is 0.491 e. The molecule has 3 aromatic rings. The summed E-state index contributed by atoms with van der Waals surface area (Å²) in [6.07, 6.45) is 2.71. The fourth-order valence-electron chi connectivity index (χ4n) is 3.37. The molecule has 1 atom stereocenters. The van der Waals surface area contributed by atoms with Crippen molar-refractivity contribution in [1.82, 2.24) is 5.32 Å². The van der Waals surface area contributed by atoms with Gasteiger partial charge in [-0.1, -0.05) is 55.5 Å². The van der Waals surface area contributed by atoms with Crippen molar-refractivity contribution in [3.8, 4) is 5.75 Å². The molecule has 6 nitrogen and oxygen atoms in total. The zero-order chi connectivity index (χ0) is 24.2. The van der Waals surface area contributed by atoms with Gasteiger partial charge in [-0.15, -0.1) is 0 Å². The maximum atomic E-state index is 12.5. The molecule has 0 fully saturated rings. The molecule has 3 N–H and O–H groups in total. The molecular formula is C28H33N3O3. The standard InChI is InChI=1S/C28H33N3O3/c1-3-21(2)30-28(33)23-14-9-15-24(19-23)31-27(32)20-29-25-16-7-8-17-26(25)34-18-10-13-22-11-5-4-6-12-22/h4-9,11-12,14-17,19,21,29H,3,10,13,18,20H2,1-2H3,(H,30,33)(H,31,32). The summed E-state index contributed by atoms with van der Waals surface area (Å²) in [6, 6.07) is 24.9. The Kier molecular flexibility index (Phi) is 9.52. The van der Waals surface area contributed by atoms with E-state index in [1.54, 1.807) is 24.3 Å². The van der Waals surface area contributed by atoms with Crippen molar-refractivity contribution >= 4 is 23.2 Å². The van der Waals surface area contributed by atoms with Crippen LogP contribution in [-0.4, -0.2) is 31.0 Å².